The molecule has 0 aromatic heterocycles. The van der Waals surface area contributed by atoms with Crippen LogP contribution in [-0.4, -0.2) is 44.7 Å². The predicted molar refractivity (Wildman–Crippen MR) is 128 cm³/mol. The zero-order chi connectivity index (χ0) is 23.6. The van der Waals surface area contributed by atoms with E-state index >= 15 is 0 Å². The molecule has 2 N–H and O–H groups in total. The SMILES string of the molecule is CNC(=O)c1cc(NC(=O)C2CCN(S(=O)(=O)c3ccc4c(c3)CCCC4)CC2)ccc1Cl. The van der Waals surface area contributed by atoms with Gasteiger partial charge in [0.2, 0.25) is 15.9 Å². The van der Waals surface area contributed by atoms with Crippen LogP contribution in [0.3, 0.4) is 0 Å². The molecule has 2 aliphatic rings. The van der Waals surface area contributed by atoms with Gasteiger partial charge in [0.1, 0.15) is 0 Å². The fraction of sp³-hybridized carbons (Fsp3) is 0.417. The highest BCUT2D eigenvalue weighted by molar-refractivity contribution is 7.89. The van der Waals surface area contributed by atoms with Crippen molar-refractivity contribution in [1.29, 1.82) is 0 Å². The third-order valence-corrected chi connectivity index (χ3v) is 8.71. The van der Waals surface area contributed by atoms with Crippen LogP contribution in [0.15, 0.2) is 41.3 Å². The highest BCUT2D eigenvalue weighted by atomic mass is 35.5. The van der Waals surface area contributed by atoms with E-state index in [2.05, 4.69) is 10.6 Å². The summed E-state index contributed by atoms with van der Waals surface area (Å²) < 4.78 is 27.8. The number of hydrogen-bond donors (Lipinski definition) is 2. The van der Waals surface area contributed by atoms with Crippen molar-refractivity contribution >= 4 is 39.1 Å². The molecule has 0 atom stereocenters. The van der Waals surface area contributed by atoms with Gasteiger partial charge in [-0.1, -0.05) is 17.7 Å². The van der Waals surface area contributed by atoms with Gasteiger partial charge in [0.25, 0.3) is 5.91 Å². The van der Waals surface area contributed by atoms with Gasteiger partial charge in [-0.25, -0.2) is 8.42 Å². The van der Waals surface area contributed by atoms with Crippen LogP contribution >= 0.6 is 11.6 Å². The fourth-order valence-electron chi connectivity index (χ4n) is 4.53. The average Bonchev–Trinajstić information content (AvgIpc) is 2.84. The lowest BCUT2D eigenvalue weighted by molar-refractivity contribution is -0.120. The molecule has 0 saturated carbocycles. The maximum absolute atomic E-state index is 13.2. The molecular weight excluding hydrogens is 462 g/mol. The van der Waals surface area contributed by atoms with Crippen LogP contribution < -0.4 is 10.6 Å². The number of nitrogens with zero attached hydrogens (tertiary/aromatic N) is 1. The number of benzene rings is 2. The molecule has 0 spiro atoms. The summed E-state index contributed by atoms with van der Waals surface area (Å²) in [5, 5.41) is 5.65. The molecule has 1 aliphatic carbocycles. The standard InChI is InChI=1S/C24H28ClN3O4S/c1-26-24(30)21-15-19(7-9-22(21)25)27-23(29)17-10-12-28(13-11-17)33(31,32)20-8-6-16-4-2-3-5-18(16)14-20/h6-9,14-15,17H,2-5,10-13H2,1H3,(H,26,30)(H,27,29). The van der Waals surface area contributed by atoms with Gasteiger partial charge in [0.05, 0.1) is 15.5 Å². The van der Waals surface area contributed by atoms with E-state index in [4.69, 9.17) is 11.6 Å². The lowest BCUT2D eigenvalue weighted by Crippen LogP contribution is -2.41. The van der Waals surface area contributed by atoms with Gasteiger partial charge in [-0.15, -0.1) is 0 Å². The smallest absolute Gasteiger partial charge is 0.252 e. The second kappa shape index (κ2) is 9.83. The Labute approximate surface area is 199 Å². The van der Waals surface area contributed by atoms with Gasteiger partial charge in [-0.2, -0.15) is 4.31 Å². The number of piperidine rings is 1. The van der Waals surface area contributed by atoms with Crippen molar-refractivity contribution in [3.8, 4) is 0 Å². The summed E-state index contributed by atoms with van der Waals surface area (Å²) in [6, 6.07) is 10.2. The van der Waals surface area contributed by atoms with Crippen LogP contribution in [0, 0.1) is 5.92 Å². The number of hydrogen-bond acceptors (Lipinski definition) is 4. The second-order valence-electron chi connectivity index (χ2n) is 8.58. The third-order valence-electron chi connectivity index (χ3n) is 6.49. The Balaban J connectivity index is 1.39. The molecule has 7 nitrogen and oxygen atoms in total. The molecule has 1 saturated heterocycles. The minimum atomic E-state index is -3.58. The summed E-state index contributed by atoms with van der Waals surface area (Å²) >= 11 is 6.07. The molecule has 33 heavy (non-hydrogen) atoms. The van der Waals surface area contributed by atoms with E-state index < -0.39 is 10.0 Å². The van der Waals surface area contributed by atoms with Gasteiger partial charge in [-0.3, -0.25) is 9.59 Å². The van der Waals surface area contributed by atoms with Crippen LogP contribution in [0.5, 0.6) is 0 Å². The molecular formula is C24H28ClN3O4S. The molecule has 1 fully saturated rings. The number of halogens is 1. The monoisotopic (exact) mass is 489 g/mol. The first-order chi connectivity index (χ1) is 15.8. The summed E-state index contributed by atoms with van der Waals surface area (Å²) in [6.07, 6.45) is 5.05. The van der Waals surface area contributed by atoms with E-state index in [-0.39, 0.29) is 23.3 Å². The van der Waals surface area contributed by atoms with Crippen LogP contribution in [-0.2, 0) is 27.7 Å². The summed E-state index contributed by atoms with van der Waals surface area (Å²) in [5.74, 6) is -0.832. The van der Waals surface area contributed by atoms with Gasteiger partial charge < -0.3 is 10.6 Å². The molecule has 2 aromatic rings. The van der Waals surface area contributed by atoms with Crippen molar-refractivity contribution in [3.63, 3.8) is 0 Å². The van der Waals surface area contributed by atoms with Crippen molar-refractivity contribution in [2.75, 3.05) is 25.5 Å². The quantitative estimate of drug-likeness (QED) is 0.670. The molecule has 2 amide bonds. The summed E-state index contributed by atoms with van der Waals surface area (Å²) in [4.78, 5) is 25.0. The number of amides is 2. The molecule has 1 aliphatic heterocycles. The van der Waals surface area contributed by atoms with E-state index in [1.54, 1.807) is 18.2 Å². The normalized spacial score (nSPS) is 17.3. The van der Waals surface area contributed by atoms with Crippen molar-refractivity contribution < 1.29 is 18.0 Å². The third kappa shape index (κ3) is 5.08. The van der Waals surface area contributed by atoms with Crippen LogP contribution in [0.4, 0.5) is 5.69 Å². The van der Waals surface area contributed by atoms with Gasteiger partial charge in [0, 0.05) is 31.7 Å². The Kier molecular flexibility index (Phi) is 7.07. The lowest BCUT2D eigenvalue weighted by Gasteiger charge is -2.31. The molecule has 4 rings (SSSR count). The van der Waals surface area contributed by atoms with E-state index in [9.17, 15) is 18.0 Å². The number of rotatable bonds is 5. The van der Waals surface area contributed by atoms with Gasteiger partial charge >= 0.3 is 0 Å². The highest BCUT2D eigenvalue weighted by Crippen LogP contribution is 2.29. The Hall–Kier alpha value is -2.42. The van der Waals surface area contributed by atoms with Crippen molar-refractivity contribution in [2.45, 2.75) is 43.4 Å². The molecule has 9 heteroatoms. The van der Waals surface area contributed by atoms with E-state index in [1.165, 1.54) is 23.0 Å². The summed E-state index contributed by atoms with van der Waals surface area (Å²) in [6.45, 7) is 0.587. The Morgan fingerprint density at radius 2 is 1.70 bits per heavy atom. The maximum Gasteiger partial charge on any atom is 0.252 e. The molecule has 0 radical (unpaired) electrons. The number of sulfonamides is 1. The topological polar surface area (TPSA) is 95.6 Å². The summed E-state index contributed by atoms with van der Waals surface area (Å²) in [7, 11) is -2.07. The van der Waals surface area contributed by atoms with E-state index in [0.717, 1.165) is 31.2 Å². The minimum Gasteiger partial charge on any atom is -0.355 e. The molecule has 0 bridgehead atoms. The Morgan fingerprint density at radius 3 is 2.39 bits per heavy atom. The molecule has 0 unspecified atom stereocenters. The van der Waals surface area contributed by atoms with Crippen molar-refractivity contribution in [3.05, 3.63) is 58.1 Å². The molecule has 2 aromatic carbocycles. The number of carbonyl (C=O) groups is 2. The number of anilines is 1. The van der Waals surface area contributed by atoms with Gasteiger partial charge in [0.15, 0.2) is 0 Å². The Morgan fingerprint density at radius 1 is 1.00 bits per heavy atom. The van der Waals surface area contributed by atoms with Crippen LogP contribution in [0.25, 0.3) is 0 Å². The van der Waals surface area contributed by atoms with Gasteiger partial charge in [-0.05, 0) is 80.0 Å². The highest BCUT2D eigenvalue weighted by Gasteiger charge is 2.32. The predicted octanol–water partition coefficient (Wildman–Crippen LogP) is 3.62. The number of aryl methyl sites for hydroxylation is 2. The first-order valence-corrected chi connectivity index (χ1v) is 13.1. The largest absolute Gasteiger partial charge is 0.355 e. The zero-order valence-electron chi connectivity index (χ0n) is 18.6. The van der Waals surface area contributed by atoms with E-state index in [1.807, 2.05) is 12.1 Å². The lowest BCUT2D eigenvalue weighted by atomic mass is 9.92. The first-order valence-electron chi connectivity index (χ1n) is 11.2. The molecule has 176 valence electrons. The van der Waals surface area contributed by atoms with Crippen LogP contribution in [0.2, 0.25) is 5.02 Å². The average molecular weight is 490 g/mol. The summed E-state index contributed by atoms with van der Waals surface area (Å²) in [5.41, 5.74) is 3.14. The molecule has 1 heterocycles. The number of fused-ring (bicyclic) bond motifs is 1. The van der Waals surface area contributed by atoms with Crippen molar-refractivity contribution in [1.82, 2.24) is 9.62 Å². The fourth-order valence-corrected chi connectivity index (χ4v) is 6.26. The maximum atomic E-state index is 13.2. The van der Waals surface area contributed by atoms with Crippen molar-refractivity contribution in [2.24, 2.45) is 5.92 Å². The number of nitrogens with one attached hydrogen (secondary N) is 2. The first kappa shape index (κ1) is 23.7. The van der Waals surface area contributed by atoms with E-state index in [0.29, 0.717) is 41.5 Å². The minimum absolute atomic E-state index is 0.189. The Bertz CT molecular complexity index is 1170. The van der Waals surface area contributed by atoms with Crippen LogP contribution in [0.1, 0.15) is 47.2 Å². The number of carbonyl (C=O) groups excluding carboxylic acids is 2. The zero-order valence-corrected chi connectivity index (χ0v) is 20.1. The second-order valence-corrected chi connectivity index (χ2v) is 10.9.